The Labute approximate surface area is 157 Å². The summed E-state index contributed by atoms with van der Waals surface area (Å²) in [7, 11) is -3.83. The van der Waals surface area contributed by atoms with Crippen LogP contribution in [0.25, 0.3) is 0 Å². The standard InChI is InChI=1S/C16H14F3N3O5S/c1-9-7-10(3-6-14(9)22(24)25)15(23)20-13-8-11(16(17,18)19)4-5-12(13)21-28(2,26)27/h3-8,21H,1-2H3,(H,20,23). The van der Waals surface area contributed by atoms with E-state index in [2.05, 4.69) is 5.32 Å². The van der Waals surface area contributed by atoms with Crippen molar-refractivity contribution >= 4 is 33.0 Å². The van der Waals surface area contributed by atoms with Gasteiger partial charge in [-0.1, -0.05) is 0 Å². The number of aryl methyl sites for hydroxylation is 1. The van der Waals surface area contributed by atoms with E-state index < -0.39 is 38.3 Å². The third kappa shape index (κ3) is 5.19. The summed E-state index contributed by atoms with van der Waals surface area (Å²) >= 11 is 0. The largest absolute Gasteiger partial charge is 0.416 e. The van der Waals surface area contributed by atoms with Gasteiger partial charge in [-0.15, -0.1) is 0 Å². The second-order valence-corrected chi connectivity index (χ2v) is 7.59. The number of nitrogens with zero attached hydrogens (tertiary/aromatic N) is 1. The second kappa shape index (κ2) is 7.46. The van der Waals surface area contributed by atoms with Crippen LogP contribution < -0.4 is 10.0 Å². The average molecular weight is 417 g/mol. The summed E-state index contributed by atoms with van der Waals surface area (Å²) in [5.74, 6) is -0.867. The van der Waals surface area contributed by atoms with E-state index in [4.69, 9.17) is 0 Å². The van der Waals surface area contributed by atoms with Crippen LogP contribution in [-0.4, -0.2) is 25.5 Å². The average Bonchev–Trinajstić information content (AvgIpc) is 2.53. The molecule has 0 unspecified atom stereocenters. The molecule has 2 rings (SSSR count). The van der Waals surface area contributed by atoms with Crippen LogP contribution in [0.3, 0.4) is 0 Å². The maximum atomic E-state index is 13.0. The van der Waals surface area contributed by atoms with E-state index in [-0.39, 0.29) is 22.5 Å². The third-order valence-electron chi connectivity index (χ3n) is 3.55. The molecule has 1 amide bonds. The van der Waals surface area contributed by atoms with Gasteiger partial charge in [0.05, 0.1) is 28.1 Å². The Morgan fingerprint density at radius 3 is 2.25 bits per heavy atom. The number of nitro benzene ring substituents is 1. The molecule has 0 aromatic heterocycles. The molecule has 0 saturated carbocycles. The molecule has 12 heteroatoms. The van der Waals surface area contributed by atoms with Gasteiger partial charge in [0.25, 0.3) is 11.6 Å². The van der Waals surface area contributed by atoms with Crippen molar-refractivity contribution in [3.05, 3.63) is 63.2 Å². The van der Waals surface area contributed by atoms with E-state index in [0.717, 1.165) is 24.5 Å². The summed E-state index contributed by atoms with van der Waals surface area (Å²) in [6, 6.07) is 5.55. The first-order valence-corrected chi connectivity index (χ1v) is 9.42. The molecule has 0 heterocycles. The Bertz CT molecular complexity index is 1050. The Morgan fingerprint density at radius 1 is 1.11 bits per heavy atom. The van der Waals surface area contributed by atoms with Crippen molar-refractivity contribution in [3.8, 4) is 0 Å². The highest BCUT2D eigenvalue weighted by Gasteiger charge is 2.31. The van der Waals surface area contributed by atoms with Gasteiger partial charge in [-0.2, -0.15) is 13.2 Å². The van der Waals surface area contributed by atoms with Gasteiger partial charge in [-0.05, 0) is 37.3 Å². The highest BCUT2D eigenvalue weighted by molar-refractivity contribution is 7.92. The smallest absolute Gasteiger partial charge is 0.320 e. The van der Waals surface area contributed by atoms with E-state index in [0.29, 0.717) is 12.1 Å². The predicted molar refractivity (Wildman–Crippen MR) is 95.7 cm³/mol. The number of carbonyl (C=O) groups excluding carboxylic acids is 1. The maximum absolute atomic E-state index is 13.0. The lowest BCUT2D eigenvalue weighted by atomic mass is 10.1. The van der Waals surface area contributed by atoms with Gasteiger partial charge in [0, 0.05) is 17.2 Å². The molecule has 0 atom stereocenters. The van der Waals surface area contributed by atoms with Crippen LogP contribution in [0.5, 0.6) is 0 Å². The summed E-state index contributed by atoms with van der Waals surface area (Å²) < 4.78 is 63.7. The quantitative estimate of drug-likeness (QED) is 0.570. The number of rotatable bonds is 5. The molecule has 0 bridgehead atoms. The highest BCUT2D eigenvalue weighted by atomic mass is 32.2. The molecule has 0 aliphatic rings. The molecule has 0 aliphatic heterocycles. The zero-order valence-electron chi connectivity index (χ0n) is 14.5. The fraction of sp³-hybridized carbons (Fsp3) is 0.188. The molecular formula is C16H14F3N3O5S. The van der Waals surface area contributed by atoms with Crippen molar-refractivity contribution in [3.63, 3.8) is 0 Å². The number of hydrogen-bond acceptors (Lipinski definition) is 5. The van der Waals surface area contributed by atoms with E-state index in [1.54, 1.807) is 0 Å². The minimum Gasteiger partial charge on any atom is -0.320 e. The Hall–Kier alpha value is -3.15. The molecule has 0 fully saturated rings. The molecule has 2 aromatic rings. The lowest BCUT2D eigenvalue weighted by Gasteiger charge is -2.15. The number of nitro groups is 1. The number of alkyl halides is 3. The van der Waals surface area contributed by atoms with Crippen molar-refractivity contribution in [2.24, 2.45) is 0 Å². The topological polar surface area (TPSA) is 118 Å². The fourth-order valence-electron chi connectivity index (χ4n) is 2.31. The van der Waals surface area contributed by atoms with E-state index in [9.17, 15) is 36.5 Å². The molecule has 0 aliphatic carbocycles. The van der Waals surface area contributed by atoms with Crippen LogP contribution in [0, 0.1) is 17.0 Å². The molecule has 28 heavy (non-hydrogen) atoms. The van der Waals surface area contributed by atoms with Gasteiger partial charge in [-0.3, -0.25) is 19.6 Å². The number of halogens is 3. The lowest BCUT2D eigenvalue weighted by Crippen LogP contribution is -2.17. The normalized spacial score (nSPS) is 11.8. The maximum Gasteiger partial charge on any atom is 0.416 e. The lowest BCUT2D eigenvalue weighted by molar-refractivity contribution is -0.385. The Balaban J connectivity index is 2.43. The number of nitrogens with one attached hydrogen (secondary N) is 2. The Kier molecular flexibility index (Phi) is 5.64. The number of amides is 1. The molecule has 0 saturated heterocycles. The van der Waals surface area contributed by atoms with Gasteiger partial charge >= 0.3 is 6.18 Å². The molecule has 8 nitrogen and oxygen atoms in total. The van der Waals surface area contributed by atoms with E-state index in [1.165, 1.54) is 13.0 Å². The Morgan fingerprint density at radius 2 is 1.75 bits per heavy atom. The van der Waals surface area contributed by atoms with Crippen LogP contribution in [0.4, 0.5) is 30.2 Å². The molecule has 150 valence electrons. The summed E-state index contributed by atoms with van der Waals surface area (Å²) in [5.41, 5.74) is -1.87. The predicted octanol–water partition coefficient (Wildman–Crippen LogP) is 3.55. The zero-order valence-corrected chi connectivity index (χ0v) is 15.3. The zero-order chi connectivity index (χ0) is 21.3. The first-order valence-electron chi connectivity index (χ1n) is 7.53. The van der Waals surface area contributed by atoms with Crippen LogP contribution in [0.1, 0.15) is 21.5 Å². The highest BCUT2D eigenvalue weighted by Crippen LogP contribution is 2.34. The number of sulfonamides is 1. The second-order valence-electron chi connectivity index (χ2n) is 5.84. The van der Waals surface area contributed by atoms with E-state index >= 15 is 0 Å². The summed E-state index contributed by atoms with van der Waals surface area (Å²) in [4.78, 5) is 22.6. The van der Waals surface area contributed by atoms with Gasteiger partial charge < -0.3 is 5.32 Å². The van der Waals surface area contributed by atoms with Gasteiger partial charge in [-0.25, -0.2) is 8.42 Å². The molecule has 2 N–H and O–H groups in total. The SMILES string of the molecule is Cc1cc(C(=O)Nc2cc(C(F)(F)F)ccc2NS(C)(=O)=O)ccc1[N+](=O)[O-]. The van der Waals surface area contributed by atoms with Crippen molar-refractivity contribution in [1.29, 1.82) is 0 Å². The summed E-state index contributed by atoms with van der Waals surface area (Å²) in [6.07, 6.45) is -3.91. The minimum atomic E-state index is -4.72. The van der Waals surface area contributed by atoms with Crippen LogP contribution in [0.15, 0.2) is 36.4 Å². The van der Waals surface area contributed by atoms with Gasteiger partial charge in [0.15, 0.2) is 0 Å². The van der Waals surface area contributed by atoms with Crippen LogP contribution in [0.2, 0.25) is 0 Å². The number of benzene rings is 2. The third-order valence-corrected chi connectivity index (χ3v) is 4.14. The number of anilines is 2. The van der Waals surface area contributed by atoms with Crippen molar-refractivity contribution in [2.45, 2.75) is 13.1 Å². The number of carbonyl (C=O) groups is 1. The molecule has 0 spiro atoms. The van der Waals surface area contributed by atoms with Crippen LogP contribution >= 0.6 is 0 Å². The van der Waals surface area contributed by atoms with Crippen molar-refractivity contribution in [2.75, 3.05) is 16.3 Å². The first-order chi connectivity index (χ1) is 12.8. The minimum absolute atomic E-state index is 0.0502. The summed E-state index contributed by atoms with van der Waals surface area (Å²) in [5, 5.41) is 13.0. The summed E-state index contributed by atoms with van der Waals surface area (Å²) in [6.45, 7) is 1.40. The fourth-order valence-corrected chi connectivity index (χ4v) is 2.89. The molecular weight excluding hydrogens is 403 g/mol. The molecule has 0 radical (unpaired) electrons. The van der Waals surface area contributed by atoms with Crippen molar-refractivity contribution < 1.29 is 31.3 Å². The van der Waals surface area contributed by atoms with Crippen molar-refractivity contribution in [1.82, 2.24) is 0 Å². The first kappa shape index (κ1) is 21.2. The van der Waals surface area contributed by atoms with Gasteiger partial charge in [0.2, 0.25) is 10.0 Å². The van der Waals surface area contributed by atoms with Gasteiger partial charge in [0.1, 0.15) is 0 Å². The monoisotopic (exact) mass is 417 g/mol. The molecule has 2 aromatic carbocycles. The number of hydrogen-bond donors (Lipinski definition) is 2. The van der Waals surface area contributed by atoms with E-state index in [1.807, 2.05) is 4.72 Å². The van der Waals surface area contributed by atoms with Crippen LogP contribution in [-0.2, 0) is 16.2 Å².